The van der Waals surface area contributed by atoms with Crippen molar-refractivity contribution in [2.75, 3.05) is 6.61 Å². The molecule has 2 heterocycles. The average molecular weight is 398 g/mol. The van der Waals surface area contributed by atoms with Gasteiger partial charge in [-0.1, -0.05) is 0 Å². The number of nitrogens with one attached hydrogen (secondary N) is 1. The number of esters is 1. The maximum atomic E-state index is 11.9. The zero-order valence-corrected chi connectivity index (χ0v) is 15.6. The molecule has 0 radical (unpaired) electrons. The van der Waals surface area contributed by atoms with Crippen LogP contribution in [0.1, 0.15) is 43.7 Å². The van der Waals surface area contributed by atoms with Crippen LogP contribution in [0.3, 0.4) is 0 Å². The van der Waals surface area contributed by atoms with E-state index in [1.54, 1.807) is 44.4 Å². The molecule has 7 nitrogen and oxygen atoms in total. The van der Waals surface area contributed by atoms with Crippen molar-refractivity contribution in [1.29, 1.82) is 0 Å². The van der Waals surface area contributed by atoms with Gasteiger partial charge in [0.25, 0.3) is 0 Å². The van der Waals surface area contributed by atoms with Gasteiger partial charge >= 0.3 is 12.1 Å². The molecule has 0 unspecified atom stereocenters. The van der Waals surface area contributed by atoms with Crippen LogP contribution in [0.5, 0.6) is 0 Å². The molecule has 2 aromatic rings. The Labute approximate surface area is 148 Å². The molecular weight excluding hydrogens is 378 g/mol. The van der Waals surface area contributed by atoms with Crippen molar-refractivity contribution >= 4 is 33.6 Å². The molecule has 0 atom stereocenters. The lowest BCUT2D eigenvalue weighted by Crippen LogP contribution is -2.32. The Morgan fingerprint density at radius 3 is 2.71 bits per heavy atom. The molecule has 0 saturated carbocycles. The van der Waals surface area contributed by atoms with Crippen LogP contribution in [0, 0.1) is 0 Å². The Hall–Kier alpha value is -2.09. The van der Waals surface area contributed by atoms with Gasteiger partial charge in [0.1, 0.15) is 11.2 Å². The third-order valence-electron chi connectivity index (χ3n) is 2.98. The molecule has 0 aromatic carbocycles. The molecule has 2 aromatic heterocycles. The Kier molecular flexibility index (Phi) is 5.48. The second-order valence-electron chi connectivity index (χ2n) is 6.09. The molecule has 0 bridgehead atoms. The van der Waals surface area contributed by atoms with E-state index >= 15 is 0 Å². The van der Waals surface area contributed by atoms with E-state index in [2.05, 4.69) is 26.2 Å². The molecule has 0 aliphatic heterocycles. The number of halogens is 1. The third-order valence-corrected chi connectivity index (χ3v) is 3.70. The third kappa shape index (κ3) is 4.47. The average Bonchev–Trinajstić information content (AvgIpc) is 2.86. The zero-order chi connectivity index (χ0) is 17.9. The van der Waals surface area contributed by atoms with Crippen LogP contribution in [0.2, 0.25) is 0 Å². The van der Waals surface area contributed by atoms with E-state index in [4.69, 9.17) is 9.47 Å². The molecule has 0 saturated heterocycles. The number of nitrogens with zero attached hydrogens (tertiary/aromatic N) is 2. The number of ether oxygens (including phenoxy) is 2. The predicted octanol–water partition coefficient (Wildman–Crippen LogP) is 3.30. The van der Waals surface area contributed by atoms with E-state index in [1.165, 1.54) is 6.20 Å². The first-order chi connectivity index (χ1) is 11.2. The van der Waals surface area contributed by atoms with Gasteiger partial charge in [-0.05, 0) is 55.3 Å². The van der Waals surface area contributed by atoms with E-state index < -0.39 is 17.7 Å². The van der Waals surface area contributed by atoms with Gasteiger partial charge in [-0.25, -0.2) is 14.6 Å². The number of carbonyl (C=O) groups excluding carboxylic acids is 2. The standard InChI is InChI=1S/C16H20BrN3O4/c1-5-23-14(21)12-8-18-13-6-10(11(17)9-20(12)13)7-19-15(22)24-16(2,3)4/h6,8-9H,5,7H2,1-4H3,(H,19,22). The predicted molar refractivity (Wildman–Crippen MR) is 91.9 cm³/mol. The van der Waals surface area contributed by atoms with E-state index in [0.29, 0.717) is 17.9 Å². The summed E-state index contributed by atoms with van der Waals surface area (Å²) in [5, 5.41) is 2.69. The minimum atomic E-state index is -0.553. The van der Waals surface area contributed by atoms with E-state index in [0.717, 1.165) is 10.0 Å². The maximum Gasteiger partial charge on any atom is 0.407 e. The number of carbonyl (C=O) groups is 2. The highest BCUT2D eigenvalue weighted by atomic mass is 79.9. The van der Waals surface area contributed by atoms with Crippen LogP contribution in [-0.2, 0) is 16.0 Å². The van der Waals surface area contributed by atoms with Crippen molar-refractivity contribution < 1.29 is 19.1 Å². The number of pyridine rings is 1. The fraction of sp³-hybridized carbons (Fsp3) is 0.438. The van der Waals surface area contributed by atoms with E-state index in [9.17, 15) is 9.59 Å². The zero-order valence-electron chi connectivity index (χ0n) is 14.1. The lowest BCUT2D eigenvalue weighted by molar-refractivity contribution is 0.0511. The fourth-order valence-corrected chi connectivity index (χ4v) is 2.47. The first-order valence-corrected chi connectivity index (χ1v) is 8.30. The van der Waals surface area contributed by atoms with Gasteiger partial charge in [0.05, 0.1) is 12.8 Å². The van der Waals surface area contributed by atoms with Crippen molar-refractivity contribution in [3.8, 4) is 0 Å². The quantitative estimate of drug-likeness (QED) is 0.800. The van der Waals surface area contributed by atoms with Crippen LogP contribution in [0.4, 0.5) is 4.79 Å². The molecule has 0 fully saturated rings. The first kappa shape index (κ1) is 18.3. The Morgan fingerprint density at radius 1 is 1.38 bits per heavy atom. The van der Waals surface area contributed by atoms with Gasteiger partial charge in [-0.2, -0.15) is 0 Å². The molecule has 2 rings (SSSR count). The van der Waals surface area contributed by atoms with Crippen LogP contribution < -0.4 is 5.32 Å². The molecule has 1 N–H and O–H groups in total. The van der Waals surface area contributed by atoms with Crippen LogP contribution in [-0.4, -0.2) is 33.7 Å². The number of amides is 1. The van der Waals surface area contributed by atoms with Gasteiger partial charge in [0, 0.05) is 17.2 Å². The smallest absolute Gasteiger partial charge is 0.407 e. The summed E-state index contributed by atoms with van der Waals surface area (Å²) in [5.74, 6) is -0.434. The molecule has 8 heteroatoms. The highest BCUT2D eigenvalue weighted by Gasteiger charge is 2.17. The van der Waals surface area contributed by atoms with Gasteiger partial charge < -0.3 is 14.8 Å². The normalized spacial score (nSPS) is 11.4. The van der Waals surface area contributed by atoms with Crippen LogP contribution >= 0.6 is 15.9 Å². The summed E-state index contributed by atoms with van der Waals surface area (Å²) in [5.41, 5.74) is 1.19. The summed E-state index contributed by atoms with van der Waals surface area (Å²) in [6.45, 7) is 7.72. The highest BCUT2D eigenvalue weighted by molar-refractivity contribution is 9.10. The molecular formula is C16H20BrN3O4. The number of hydrogen-bond acceptors (Lipinski definition) is 5. The topological polar surface area (TPSA) is 81.9 Å². The molecule has 24 heavy (non-hydrogen) atoms. The van der Waals surface area contributed by atoms with Crippen molar-refractivity contribution in [1.82, 2.24) is 14.7 Å². The van der Waals surface area contributed by atoms with E-state index in [1.807, 2.05) is 0 Å². The molecule has 130 valence electrons. The maximum absolute atomic E-state index is 11.9. The minimum Gasteiger partial charge on any atom is -0.461 e. The summed E-state index contributed by atoms with van der Waals surface area (Å²) in [6, 6.07) is 1.78. The minimum absolute atomic E-state index is 0.271. The highest BCUT2D eigenvalue weighted by Crippen LogP contribution is 2.20. The number of alkyl carbamates (subject to hydrolysis) is 1. The second-order valence-corrected chi connectivity index (χ2v) is 6.95. The van der Waals surface area contributed by atoms with Crippen molar-refractivity contribution in [2.45, 2.75) is 39.8 Å². The monoisotopic (exact) mass is 397 g/mol. The summed E-state index contributed by atoms with van der Waals surface area (Å²) >= 11 is 3.44. The first-order valence-electron chi connectivity index (χ1n) is 7.50. The number of hydrogen-bond donors (Lipinski definition) is 1. The van der Waals surface area contributed by atoms with Gasteiger partial charge in [0.2, 0.25) is 0 Å². The fourth-order valence-electron chi connectivity index (χ4n) is 2.01. The summed E-state index contributed by atoms with van der Waals surface area (Å²) in [6.07, 6.45) is 2.69. The van der Waals surface area contributed by atoms with Crippen molar-refractivity contribution in [3.63, 3.8) is 0 Å². The van der Waals surface area contributed by atoms with Crippen LogP contribution in [0.15, 0.2) is 22.9 Å². The SMILES string of the molecule is CCOC(=O)c1cnc2cc(CNC(=O)OC(C)(C)C)c(Br)cn12. The largest absolute Gasteiger partial charge is 0.461 e. The van der Waals surface area contributed by atoms with Gasteiger partial charge in [0.15, 0.2) is 5.69 Å². The van der Waals surface area contributed by atoms with Crippen LogP contribution in [0.25, 0.3) is 5.65 Å². The second kappa shape index (κ2) is 7.21. The number of rotatable bonds is 4. The van der Waals surface area contributed by atoms with Crippen molar-refractivity contribution in [2.24, 2.45) is 0 Å². The molecule has 0 spiro atoms. The Bertz CT molecular complexity index is 765. The lowest BCUT2D eigenvalue weighted by atomic mass is 10.2. The van der Waals surface area contributed by atoms with Crippen molar-refractivity contribution in [3.05, 3.63) is 34.2 Å². The number of fused-ring (bicyclic) bond motifs is 1. The van der Waals surface area contributed by atoms with E-state index in [-0.39, 0.29) is 6.54 Å². The lowest BCUT2D eigenvalue weighted by Gasteiger charge is -2.19. The van der Waals surface area contributed by atoms with Gasteiger partial charge in [-0.3, -0.25) is 4.40 Å². The van der Waals surface area contributed by atoms with Gasteiger partial charge in [-0.15, -0.1) is 0 Å². The molecule has 1 amide bonds. The Balaban J connectivity index is 2.17. The molecule has 0 aliphatic rings. The number of imidazole rings is 1. The summed E-state index contributed by atoms with van der Waals surface area (Å²) in [4.78, 5) is 27.8. The summed E-state index contributed by atoms with van der Waals surface area (Å²) in [7, 11) is 0. The number of aromatic nitrogens is 2. The molecule has 0 aliphatic carbocycles. The Morgan fingerprint density at radius 2 is 2.08 bits per heavy atom. The summed E-state index contributed by atoms with van der Waals surface area (Å²) < 4.78 is 12.6.